The molecule has 1 aliphatic heterocycles. The van der Waals surface area contributed by atoms with Gasteiger partial charge in [0.2, 0.25) is 0 Å². The molecule has 0 spiro atoms. The first kappa shape index (κ1) is 20.2. The van der Waals surface area contributed by atoms with Gasteiger partial charge in [-0.05, 0) is 31.4 Å². The minimum Gasteiger partial charge on any atom is -0.469 e. The van der Waals surface area contributed by atoms with Crippen molar-refractivity contribution < 1.29 is 9.53 Å². The van der Waals surface area contributed by atoms with Crippen LogP contribution in [0.4, 0.5) is 0 Å². The number of nitrogens with zero attached hydrogens (tertiary/aromatic N) is 2. The van der Waals surface area contributed by atoms with Crippen LogP contribution < -0.4 is 5.32 Å². The average Bonchev–Trinajstić information content (AvgIpc) is 3.03. The van der Waals surface area contributed by atoms with E-state index in [0.717, 1.165) is 44.9 Å². The lowest BCUT2D eigenvalue weighted by molar-refractivity contribution is -0.146. The number of carbonyl (C=O) groups excluding carboxylic acids is 1. The topological polar surface area (TPSA) is 53.9 Å². The Morgan fingerprint density at radius 1 is 1.39 bits per heavy atom. The molecule has 0 radical (unpaired) electrons. The second kappa shape index (κ2) is 10.1. The summed E-state index contributed by atoms with van der Waals surface area (Å²) in [5.74, 6) is 0.854. The highest BCUT2D eigenvalue weighted by atomic mass is 127. The molecule has 0 unspecified atom stereocenters. The molecule has 1 saturated heterocycles. The molecule has 7 heteroatoms. The van der Waals surface area contributed by atoms with Gasteiger partial charge in [-0.3, -0.25) is 9.79 Å². The number of rotatable bonds is 4. The van der Waals surface area contributed by atoms with E-state index in [2.05, 4.69) is 34.3 Å². The number of piperidine rings is 1. The van der Waals surface area contributed by atoms with Crippen LogP contribution in [-0.2, 0) is 22.5 Å². The van der Waals surface area contributed by atoms with Crippen LogP contribution in [0, 0.1) is 5.92 Å². The van der Waals surface area contributed by atoms with Gasteiger partial charge in [0.15, 0.2) is 5.96 Å². The highest BCUT2D eigenvalue weighted by Crippen LogP contribution is 2.19. The van der Waals surface area contributed by atoms with Gasteiger partial charge >= 0.3 is 5.97 Å². The average molecular weight is 451 g/mol. The molecule has 23 heavy (non-hydrogen) atoms. The minimum absolute atomic E-state index is 0. The highest BCUT2D eigenvalue weighted by Gasteiger charge is 2.26. The van der Waals surface area contributed by atoms with Crippen LogP contribution in [-0.4, -0.2) is 44.1 Å². The molecule has 0 saturated carbocycles. The summed E-state index contributed by atoms with van der Waals surface area (Å²) in [6.07, 6.45) is 2.74. The van der Waals surface area contributed by atoms with E-state index in [1.807, 2.05) is 11.3 Å². The van der Waals surface area contributed by atoms with Gasteiger partial charge in [0.05, 0.1) is 19.6 Å². The van der Waals surface area contributed by atoms with Crippen molar-refractivity contribution in [2.45, 2.75) is 32.7 Å². The van der Waals surface area contributed by atoms with Crippen molar-refractivity contribution in [1.29, 1.82) is 0 Å². The first-order valence-corrected chi connectivity index (χ1v) is 8.60. The molecule has 2 rings (SSSR count). The third-order valence-corrected chi connectivity index (χ3v) is 5.26. The van der Waals surface area contributed by atoms with Crippen molar-refractivity contribution >= 4 is 47.2 Å². The summed E-state index contributed by atoms with van der Waals surface area (Å²) in [5.41, 5.74) is 0. The Balaban J connectivity index is 0.00000264. The van der Waals surface area contributed by atoms with Crippen molar-refractivity contribution in [3.05, 3.63) is 21.9 Å². The summed E-state index contributed by atoms with van der Waals surface area (Å²) < 4.78 is 4.83. The van der Waals surface area contributed by atoms with Gasteiger partial charge in [0.1, 0.15) is 0 Å². The number of carbonyl (C=O) groups is 1. The summed E-state index contributed by atoms with van der Waals surface area (Å²) in [7, 11) is 3.27. The quantitative estimate of drug-likeness (QED) is 0.331. The molecule has 0 bridgehead atoms. The van der Waals surface area contributed by atoms with Gasteiger partial charge in [0.25, 0.3) is 0 Å². The van der Waals surface area contributed by atoms with E-state index in [0.29, 0.717) is 0 Å². The molecule has 1 fully saturated rings. The highest BCUT2D eigenvalue weighted by molar-refractivity contribution is 14.0. The number of guanidine groups is 1. The van der Waals surface area contributed by atoms with Crippen molar-refractivity contribution in [3.63, 3.8) is 0 Å². The normalized spacial score (nSPS) is 16.0. The minimum atomic E-state index is -0.0896. The lowest BCUT2D eigenvalue weighted by atomic mass is 9.97. The van der Waals surface area contributed by atoms with Crippen molar-refractivity contribution in [1.82, 2.24) is 10.2 Å². The molecule has 1 aromatic heterocycles. The van der Waals surface area contributed by atoms with Gasteiger partial charge in [-0.1, -0.05) is 6.92 Å². The van der Waals surface area contributed by atoms with E-state index >= 15 is 0 Å². The summed E-state index contributed by atoms with van der Waals surface area (Å²) in [5, 5.41) is 3.42. The number of ether oxygens (including phenoxy) is 1. The largest absolute Gasteiger partial charge is 0.469 e. The zero-order valence-corrected chi connectivity index (χ0v) is 17.1. The Morgan fingerprint density at radius 3 is 2.57 bits per heavy atom. The maximum absolute atomic E-state index is 11.6. The maximum atomic E-state index is 11.6. The standard InChI is InChI=1S/C16H25N3O2S.HI/c1-4-13-5-6-14(22-13)11-18-16(17-2)19-9-7-12(8-10-19)15(20)21-3;/h5-6,12H,4,7-11H2,1-3H3,(H,17,18);1H. The first-order valence-electron chi connectivity index (χ1n) is 7.79. The van der Waals surface area contributed by atoms with Crippen LogP contribution >= 0.6 is 35.3 Å². The Kier molecular flexibility index (Phi) is 8.90. The number of esters is 1. The number of aryl methyl sites for hydroxylation is 1. The van der Waals surface area contributed by atoms with E-state index in [1.54, 1.807) is 7.05 Å². The zero-order valence-electron chi connectivity index (χ0n) is 14.0. The number of methoxy groups -OCH3 is 1. The predicted molar refractivity (Wildman–Crippen MR) is 106 cm³/mol. The molecular formula is C16H26IN3O2S. The van der Waals surface area contributed by atoms with Crippen LogP contribution in [0.25, 0.3) is 0 Å². The van der Waals surface area contributed by atoms with E-state index in [-0.39, 0.29) is 35.9 Å². The Labute approximate surface area is 159 Å². The first-order chi connectivity index (χ1) is 10.7. The number of likely N-dealkylation sites (tertiary alicyclic amines) is 1. The number of thiophene rings is 1. The Bertz CT molecular complexity index is 525. The van der Waals surface area contributed by atoms with Crippen molar-refractivity contribution in [2.24, 2.45) is 10.9 Å². The van der Waals surface area contributed by atoms with Gasteiger partial charge in [-0.25, -0.2) is 0 Å². The summed E-state index contributed by atoms with van der Waals surface area (Å²) in [6, 6.07) is 4.36. The van der Waals surface area contributed by atoms with Crippen molar-refractivity contribution in [3.8, 4) is 0 Å². The second-order valence-electron chi connectivity index (χ2n) is 5.41. The SMILES string of the molecule is CCc1ccc(CNC(=NC)N2CCC(C(=O)OC)CC2)s1.I. The number of aliphatic imine (C=N–C) groups is 1. The molecule has 0 atom stereocenters. The summed E-state index contributed by atoms with van der Waals surface area (Å²) in [4.78, 5) is 20.9. The summed E-state index contributed by atoms with van der Waals surface area (Å²) >= 11 is 1.84. The number of nitrogens with one attached hydrogen (secondary N) is 1. The van der Waals surface area contributed by atoms with E-state index in [4.69, 9.17) is 4.74 Å². The zero-order chi connectivity index (χ0) is 15.9. The molecule has 130 valence electrons. The van der Waals surface area contributed by atoms with Gasteiger partial charge < -0.3 is 15.0 Å². The molecular weight excluding hydrogens is 425 g/mol. The fourth-order valence-corrected chi connectivity index (χ4v) is 3.60. The van der Waals surface area contributed by atoms with Gasteiger partial charge in [-0.2, -0.15) is 0 Å². The Morgan fingerprint density at radius 2 is 2.04 bits per heavy atom. The van der Waals surface area contributed by atoms with Gasteiger partial charge in [-0.15, -0.1) is 35.3 Å². The monoisotopic (exact) mass is 451 g/mol. The molecule has 5 nitrogen and oxygen atoms in total. The van der Waals surface area contributed by atoms with E-state index in [9.17, 15) is 4.79 Å². The smallest absolute Gasteiger partial charge is 0.308 e. The predicted octanol–water partition coefficient (Wildman–Crippen LogP) is 2.89. The lowest BCUT2D eigenvalue weighted by Crippen LogP contribution is -2.46. The van der Waals surface area contributed by atoms with Crippen LogP contribution in [0.5, 0.6) is 0 Å². The fraction of sp³-hybridized carbons (Fsp3) is 0.625. The van der Waals surface area contributed by atoms with E-state index < -0.39 is 0 Å². The molecule has 0 aromatic carbocycles. The van der Waals surface area contributed by atoms with Crippen molar-refractivity contribution in [2.75, 3.05) is 27.2 Å². The summed E-state index contributed by atoms with van der Waals surface area (Å²) in [6.45, 7) is 4.65. The molecule has 0 aliphatic carbocycles. The molecule has 1 aliphatic rings. The molecule has 1 aromatic rings. The number of halogens is 1. The van der Waals surface area contributed by atoms with Crippen LogP contribution in [0.3, 0.4) is 0 Å². The third kappa shape index (κ3) is 5.63. The third-order valence-electron chi connectivity index (χ3n) is 4.03. The maximum Gasteiger partial charge on any atom is 0.308 e. The molecule has 2 heterocycles. The number of hydrogen-bond acceptors (Lipinski definition) is 4. The van der Waals surface area contributed by atoms with Gasteiger partial charge in [0, 0.05) is 29.9 Å². The van der Waals surface area contributed by atoms with E-state index in [1.165, 1.54) is 16.9 Å². The lowest BCUT2D eigenvalue weighted by Gasteiger charge is -2.33. The Hall–Kier alpha value is -0.830. The van der Waals surface area contributed by atoms with Crippen LogP contribution in [0.2, 0.25) is 0 Å². The second-order valence-corrected chi connectivity index (χ2v) is 6.66. The number of hydrogen-bond donors (Lipinski definition) is 1. The fourth-order valence-electron chi connectivity index (χ4n) is 2.70. The molecule has 1 N–H and O–H groups in total. The molecule has 0 amide bonds. The van der Waals surface area contributed by atoms with Crippen LogP contribution in [0.1, 0.15) is 29.5 Å². The van der Waals surface area contributed by atoms with Crippen LogP contribution in [0.15, 0.2) is 17.1 Å².